The van der Waals surface area contributed by atoms with Crippen LogP contribution in [-0.2, 0) is 17.9 Å². The minimum absolute atomic E-state index is 0.133. The summed E-state index contributed by atoms with van der Waals surface area (Å²) in [5, 5.41) is 18.8. The first kappa shape index (κ1) is 14.3. The second-order valence-electron chi connectivity index (χ2n) is 4.75. The van der Waals surface area contributed by atoms with Crippen molar-refractivity contribution in [1.82, 2.24) is 30.1 Å². The molecule has 2 amide bonds. The number of carboxylic acid groups (broad SMARTS) is 1. The molecule has 1 aliphatic heterocycles. The Kier molecular flexibility index (Phi) is 4.51. The van der Waals surface area contributed by atoms with Gasteiger partial charge in [-0.05, 0) is 7.05 Å². The van der Waals surface area contributed by atoms with Gasteiger partial charge in [0.15, 0.2) is 0 Å². The topological polar surface area (TPSA) is 104 Å². The van der Waals surface area contributed by atoms with Crippen molar-refractivity contribution in [3.63, 3.8) is 0 Å². The van der Waals surface area contributed by atoms with Crippen LogP contribution in [0.2, 0.25) is 0 Å². The first-order valence-corrected chi connectivity index (χ1v) is 6.36. The predicted octanol–water partition coefficient (Wildman–Crippen LogP) is -1.18. The number of aromatic nitrogens is 3. The van der Waals surface area contributed by atoms with E-state index in [1.165, 1.54) is 10.9 Å². The van der Waals surface area contributed by atoms with E-state index in [4.69, 9.17) is 5.11 Å². The number of hydrogen-bond acceptors (Lipinski definition) is 5. The van der Waals surface area contributed by atoms with E-state index in [9.17, 15) is 9.59 Å². The Morgan fingerprint density at radius 1 is 1.35 bits per heavy atom. The van der Waals surface area contributed by atoms with Gasteiger partial charge in [-0.1, -0.05) is 5.21 Å². The molecule has 0 aromatic carbocycles. The van der Waals surface area contributed by atoms with Crippen molar-refractivity contribution >= 4 is 12.0 Å². The number of rotatable bonds is 4. The number of carbonyl (C=O) groups is 2. The summed E-state index contributed by atoms with van der Waals surface area (Å²) in [6, 6.07) is -0.133. The third-order valence-electron chi connectivity index (χ3n) is 3.09. The van der Waals surface area contributed by atoms with Gasteiger partial charge in [-0.2, -0.15) is 0 Å². The highest BCUT2D eigenvalue weighted by Gasteiger charge is 2.18. The summed E-state index contributed by atoms with van der Waals surface area (Å²) in [6.45, 7) is 3.14. The van der Waals surface area contributed by atoms with Gasteiger partial charge in [0.05, 0.1) is 12.7 Å². The fraction of sp³-hybridized carbons (Fsp3) is 0.636. The number of nitrogens with zero attached hydrogens (tertiary/aromatic N) is 5. The van der Waals surface area contributed by atoms with E-state index < -0.39 is 5.97 Å². The second kappa shape index (κ2) is 6.33. The van der Waals surface area contributed by atoms with Crippen LogP contribution in [0.5, 0.6) is 0 Å². The van der Waals surface area contributed by atoms with Crippen molar-refractivity contribution in [2.75, 3.05) is 33.2 Å². The molecule has 110 valence electrons. The zero-order valence-electron chi connectivity index (χ0n) is 11.3. The number of amides is 2. The van der Waals surface area contributed by atoms with Crippen LogP contribution in [-0.4, -0.2) is 75.1 Å². The lowest BCUT2D eigenvalue weighted by molar-refractivity contribution is -0.137. The van der Waals surface area contributed by atoms with E-state index in [0.717, 1.165) is 13.1 Å². The van der Waals surface area contributed by atoms with Crippen LogP contribution in [0.25, 0.3) is 0 Å². The molecule has 9 heteroatoms. The highest BCUT2D eigenvalue weighted by molar-refractivity contribution is 5.74. The monoisotopic (exact) mass is 282 g/mol. The first-order chi connectivity index (χ1) is 9.54. The third-order valence-corrected chi connectivity index (χ3v) is 3.09. The molecule has 0 bridgehead atoms. The Balaban J connectivity index is 1.78. The molecule has 2 N–H and O–H groups in total. The van der Waals surface area contributed by atoms with Gasteiger partial charge in [0.1, 0.15) is 12.2 Å². The van der Waals surface area contributed by atoms with Gasteiger partial charge in [-0.3, -0.25) is 4.79 Å². The van der Waals surface area contributed by atoms with Crippen molar-refractivity contribution in [2.45, 2.75) is 13.1 Å². The van der Waals surface area contributed by atoms with Crippen molar-refractivity contribution in [2.24, 2.45) is 0 Å². The molecule has 0 atom stereocenters. The third kappa shape index (κ3) is 3.92. The molecule has 0 spiro atoms. The lowest BCUT2D eigenvalue weighted by Gasteiger charge is -2.32. The SMILES string of the molecule is CN1CCN(C(=O)NCc2cn(CC(=O)O)nn2)CC1. The normalized spacial score (nSPS) is 16.1. The Labute approximate surface area is 116 Å². The number of piperazine rings is 1. The zero-order valence-corrected chi connectivity index (χ0v) is 11.3. The molecular weight excluding hydrogens is 264 g/mol. The standard InChI is InChI=1S/C11H18N6O3/c1-15-2-4-16(5-3-15)11(20)12-6-9-7-17(14-13-9)8-10(18)19/h7H,2-6,8H2,1H3,(H,12,20)(H,18,19). The lowest BCUT2D eigenvalue weighted by atomic mass is 10.3. The highest BCUT2D eigenvalue weighted by atomic mass is 16.4. The smallest absolute Gasteiger partial charge is 0.325 e. The number of likely N-dealkylation sites (N-methyl/N-ethyl adjacent to an activating group) is 1. The van der Waals surface area contributed by atoms with Crippen LogP contribution < -0.4 is 5.32 Å². The van der Waals surface area contributed by atoms with Crippen molar-refractivity contribution in [1.29, 1.82) is 0 Å². The molecule has 2 rings (SSSR count). The summed E-state index contributed by atoms with van der Waals surface area (Å²) < 4.78 is 1.22. The molecule has 0 aliphatic carbocycles. The van der Waals surface area contributed by atoms with Gasteiger partial charge in [0, 0.05) is 26.2 Å². The number of urea groups is 1. The maximum absolute atomic E-state index is 11.9. The molecule has 0 radical (unpaired) electrons. The quantitative estimate of drug-likeness (QED) is 0.720. The minimum atomic E-state index is -0.983. The van der Waals surface area contributed by atoms with Gasteiger partial charge in [0.25, 0.3) is 0 Å². The predicted molar refractivity (Wildman–Crippen MR) is 69.0 cm³/mol. The fourth-order valence-electron chi connectivity index (χ4n) is 1.92. The molecule has 0 saturated carbocycles. The van der Waals surface area contributed by atoms with E-state index in [1.54, 1.807) is 4.90 Å². The van der Waals surface area contributed by atoms with Crippen LogP contribution in [0, 0.1) is 0 Å². The molecule has 20 heavy (non-hydrogen) atoms. The van der Waals surface area contributed by atoms with Gasteiger partial charge < -0.3 is 20.2 Å². The summed E-state index contributed by atoms with van der Waals surface area (Å²) in [6.07, 6.45) is 1.51. The molecule has 1 aromatic rings. The number of aliphatic carboxylic acids is 1. The van der Waals surface area contributed by atoms with Crippen LogP contribution in [0.1, 0.15) is 5.69 Å². The fourth-order valence-corrected chi connectivity index (χ4v) is 1.92. The highest BCUT2D eigenvalue weighted by Crippen LogP contribution is 2.00. The molecule has 1 aromatic heterocycles. The number of nitrogens with one attached hydrogen (secondary N) is 1. The average molecular weight is 282 g/mol. The average Bonchev–Trinajstić information content (AvgIpc) is 2.83. The summed E-state index contributed by atoms with van der Waals surface area (Å²) in [4.78, 5) is 26.3. The summed E-state index contributed by atoms with van der Waals surface area (Å²) in [7, 11) is 2.02. The van der Waals surface area contributed by atoms with E-state index in [1.807, 2.05) is 7.05 Å². The van der Waals surface area contributed by atoms with E-state index in [2.05, 4.69) is 20.5 Å². The molecule has 2 heterocycles. The van der Waals surface area contributed by atoms with Gasteiger partial charge >= 0.3 is 12.0 Å². The van der Waals surface area contributed by atoms with Gasteiger partial charge in [-0.25, -0.2) is 9.48 Å². The van der Waals surface area contributed by atoms with Crippen LogP contribution in [0.15, 0.2) is 6.20 Å². The number of hydrogen-bond donors (Lipinski definition) is 2. The van der Waals surface area contributed by atoms with Crippen LogP contribution in [0.3, 0.4) is 0 Å². The zero-order chi connectivity index (χ0) is 14.5. The second-order valence-corrected chi connectivity index (χ2v) is 4.75. The van der Waals surface area contributed by atoms with Crippen LogP contribution >= 0.6 is 0 Å². The summed E-state index contributed by atoms with van der Waals surface area (Å²) in [5.74, 6) is -0.983. The number of carboxylic acids is 1. The summed E-state index contributed by atoms with van der Waals surface area (Å²) >= 11 is 0. The lowest BCUT2D eigenvalue weighted by Crippen LogP contribution is -2.50. The molecule has 1 aliphatic rings. The van der Waals surface area contributed by atoms with E-state index in [0.29, 0.717) is 18.8 Å². The Hall–Kier alpha value is -2.16. The molecular formula is C11H18N6O3. The van der Waals surface area contributed by atoms with Crippen LogP contribution in [0.4, 0.5) is 4.79 Å². The van der Waals surface area contributed by atoms with Gasteiger partial charge in [0.2, 0.25) is 0 Å². The van der Waals surface area contributed by atoms with Gasteiger partial charge in [-0.15, -0.1) is 5.10 Å². The van der Waals surface area contributed by atoms with Crippen molar-refractivity contribution in [3.8, 4) is 0 Å². The van der Waals surface area contributed by atoms with Crippen molar-refractivity contribution in [3.05, 3.63) is 11.9 Å². The Bertz CT molecular complexity index is 480. The molecule has 9 nitrogen and oxygen atoms in total. The minimum Gasteiger partial charge on any atom is -0.480 e. The molecule has 1 fully saturated rings. The largest absolute Gasteiger partial charge is 0.480 e. The van der Waals surface area contributed by atoms with Crippen molar-refractivity contribution < 1.29 is 14.7 Å². The Morgan fingerprint density at radius 3 is 2.70 bits per heavy atom. The number of carbonyl (C=O) groups excluding carboxylic acids is 1. The maximum Gasteiger partial charge on any atom is 0.325 e. The molecule has 1 saturated heterocycles. The van der Waals surface area contributed by atoms with E-state index >= 15 is 0 Å². The summed E-state index contributed by atoms with van der Waals surface area (Å²) in [5.41, 5.74) is 0.536. The first-order valence-electron chi connectivity index (χ1n) is 6.36. The maximum atomic E-state index is 11.9. The molecule has 0 unspecified atom stereocenters. The Morgan fingerprint density at radius 2 is 2.05 bits per heavy atom. The van der Waals surface area contributed by atoms with E-state index in [-0.39, 0.29) is 19.1 Å².